The maximum atomic E-state index is 13.0. The summed E-state index contributed by atoms with van der Waals surface area (Å²) in [6, 6.07) is 0. The number of allylic oxidation sites excluding steroid dienone is 22. The fourth-order valence-electron chi connectivity index (χ4n) is 11.7. The Labute approximate surface area is 611 Å². The van der Waals surface area contributed by atoms with Gasteiger partial charge in [0.1, 0.15) is 13.2 Å². The lowest BCUT2D eigenvalue weighted by Gasteiger charge is -2.26. The van der Waals surface area contributed by atoms with Gasteiger partial charge in [0.05, 0.1) is 40.3 Å². The van der Waals surface area contributed by atoms with Gasteiger partial charge in [-0.3, -0.25) is 9.59 Å². The second kappa shape index (κ2) is 79.1. The average Bonchev–Trinajstić information content (AvgIpc) is 1.57. The molecule has 2 unspecified atom stereocenters. The number of unbranched alkanes of at least 4 members (excludes halogenated alkanes) is 39. The maximum absolute atomic E-state index is 13.0. The third-order valence-electron chi connectivity index (χ3n) is 17.9. The van der Waals surface area contributed by atoms with Gasteiger partial charge in [-0.2, -0.15) is 0 Å². The van der Waals surface area contributed by atoms with Crippen molar-refractivity contribution in [3.63, 3.8) is 0 Å². The summed E-state index contributed by atoms with van der Waals surface area (Å²) >= 11 is 0. The number of esters is 2. The lowest BCUT2D eigenvalue weighted by Crippen LogP contribution is -2.44. The highest BCUT2D eigenvalue weighted by Gasteiger charge is 2.22. The summed E-state index contributed by atoms with van der Waals surface area (Å²) in [4.78, 5) is 37.6. The summed E-state index contributed by atoms with van der Waals surface area (Å²) in [5, 5.41) is 11.9. The molecule has 568 valence electrons. The van der Waals surface area contributed by atoms with Crippen LogP contribution >= 0.6 is 0 Å². The summed E-state index contributed by atoms with van der Waals surface area (Å²) in [5.41, 5.74) is 0. The molecule has 0 saturated heterocycles. The largest absolute Gasteiger partial charge is 0.545 e. The number of hydrogen-bond donors (Lipinski definition) is 0. The van der Waals surface area contributed by atoms with E-state index in [9.17, 15) is 19.5 Å². The monoisotopic (exact) mass is 1380 g/mol. The number of aliphatic carboxylic acids is 1. The molecule has 0 rings (SSSR count). The first kappa shape index (κ1) is 94.4. The fraction of sp³-hybridized carbons (Fsp3) is 0.722. The predicted molar refractivity (Wildman–Crippen MR) is 426 cm³/mol. The van der Waals surface area contributed by atoms with E-state index in [1.54, 1.807) is 0 Å². The van der Waals surface area contributed by atoms with Crippen LogP contribution in [0.25, 0.3) is 0 Å². The molecule has 0 aliphatic heterocycles. The quantitative estimate of drug-likeness (QED) is 0.0195. The van der Waals surface area contributed by atoms with Crippen molar-refractivity contribution in [1.82, 2.24) is 0 Å². The summed E-state index contributed by atoms with van der Waals surface area (Å²) in [6.07, 6.45) is 112. The summed E-state index contributed by atoms with van der Waals surface area (Å²) in [6.45, 7) is 4.55. The lowest BCUT2D eigenvalue weighted by molar-refractivity contribution is -0.870. The zero-order valence-electron chi connectivity index (χ0n) is 65.1. The number of hydrogen-bond acceptors (Lipinski definition) is 8. The van der Waals surface area contributed by atoms with Crippen molar-refractivity contribution >= 4 is 17.9 Å². The lowest BCUT2D eigenvalue weighted by atomic mass is 10.0. The van der Waals surface area contributed by atoms with E-state index in [1.807, 2.05) is 21.1 Å². The molecular formula is C90H155NO8. The van der Waals surface area contributed by atoms with Crippen LogP contribution in [0.15, 0.2) is 134 Å². The van der Waals surface area contributed by atoms with Gasteiger partial charge in [0.2, 0.25) is 0 Å². The van der Waals surface area contributed by atoms with Crippen LogP contribution in [0.2, 0.25) is 0 Å². The molecule has 9 heteroatoms. The first-order valence-corrected chi connectivity index (χ1v) is 41.3. The molecule has 0 aromatic carbocycles. The highest BCUT2D eigenvalue weighted by molar-refractivity contribution is 5.70. The van der Waals surface area contributed by atoms with Crippen molar-refractivity contribution < 1.29 is 42.9 Å². The van der Waals surface area contributed by atoms with Crippen LogP contribution < -0.4 is 5.11 Å². The second-order valence-electron chi connectivity index (χ2n) is 28.7. The highest BCUT2D eigenvalue weighted by Crippen LogP contribution is 2.19. The van der Waals surface area contributed by atoms with Gasteiger partial charge in [-0.05, 0) is 109 Å². The number of carbonyl (C=O) groups excluding carboxylic acids is 3. The maximum Gasteiger partial charge on any atom is 0.306 e. The Morgan fingerprint density at radius 2 is 0.545 bits per heavy atom. The standard InChI is InChI=1S/C90H155NO8/c1-6-8-10-12-14-16-18-20-22-24-26-28-30-32-34-36-38-40-41-42-43-44-45-46-47-49-50-52-54-56-58-60-62-64-66-68-70-72-74-76-78-80-87(92)97-84-86(85-98-90(89(94)95)96-83-82-91(3,4)5)99-88(93)81-79-77-75-73-71-69-67-65-63-61-59-57-55-53-51-48-39-37-35-33-31-29-27-25-23-21-19-17-15-13-11-9-7-2/h8-11,14-17,20-23,26-29,33,35,39,48,53,55,86,90H,6-7,12-13,18-19,24-25,30-32,34,36-38,40-47,49-52,54,56-85H2,1-5H3/b10-8-,11-9-,16-14-,17-15-,22-20-,23-21-,28-26-,29-27-,35-33-,48-39-,55-53-. The topological polar surface area (TPSA) is 111 Å². The van der Waals surface area contributed by atoms with Crippen LogP contribution in [0.4, 0.5) is 0 Å². The first-order valence-electron chi connectivity index (χ1n) is 41.3. The van der Waals surface area contributed by atoms with Crippen LogP contribution in [0.1, 0.15) is 361 Å². The minimum absolute atomic E-state index is 0.144. The summed E-state index contributed by atoms with van der Waals surface area (Å²) in [7, 11) is 5.94. The van der Waals surface area contributed by atoms with E-state index in [-0.39, 0.29) is 32.2 Å². The molecule has 0 aromatic rings. The van der Waals surface area contributed by atoms with Crippen molar-refractivity contribution in [2.75, 3.05) is 47.5 Å². The highest BCUT2D eigenvalue weighted by atomic mass is 16.7. The number of rotatable bonds is 76. The molecule has 99 heavy (non-hydrogen) atoms. The number of nitrogens with zero attached hydrogens (tertiary/aromatic N) is 1. The summed E-state index contributed by atoms with van der Waals surface area (Å²) in [5.74, 6) is -2.27. The van der Waals surface area contributed by atoms with E-state index in [0.29, 0.717) is 23.9 Å². The molecule has 0 amide bonds. The molecule has 0 N–H and O–H groups in total. The summed E-state index contributed by atoms with van der Waals surface area (Å²) < 4.78 is 22.9. The van der Waals surface area contributed by atoms with Crippen molar-refractivity contribution in [1.29, 1.82) is 0 Å². The third kappa shape index (κ3) is 80.6. The van der Waals surface area contributed by atoms with E-state index in [1.165, 1.54) is 212 Å². The number of carbonyl (C=O) groups is 3. The smallest absolute Gasteiger partial charge is 0.306 e. The number of ether oxygens (including phenoxy) is 4. The van der Waals surface area contributed by atoms with E-state index < -0.39 is 24.3 Å². The molecule has 0 aliphatic carbocycles. The zero-order valence-corrected chi connectivity index (χ0v) is 65.1. The van der Waals surface area contributed by atoms with Crippen molar-refractivity contribution in [2.24, 2.45) is 0 Å². The van der Waals surface area contributed by atoms with E-state index in [2.05, 4.69) is 148 Å². The van der Waals surface area contributed by atoms with Crippen LogP contribution in [-0.4, -0.2) is 82.3 Å². The Balaban J connectivity index is 3.99. The minimum atomic E-state index is -1.63. The fourth-order valence-corrected chi connectivity index (χ4v) is 11.7. The molecule has 0 heterocycles. The molecule has 0 aromatic heterocycles. The van der Waals surface area contributed by atoms with E-state index in [0.717, 1.165) is 116 Å². The van der Waals surface area contributed by atoms with E-state index in [4.69, 9.17) is 18.9 Å². The normalized spacial score (nSPS) is 13.3. The zero-order chi connectivity index (χ0) is 71.8. The molecule has 0 saturated carbocycles. The van der Waals surface area contributed by atoms with Crippen LogP contribution in [0.5, 0.6) is 0 Å². The molecule has 0 bridgehead atoms. The molecule has 0 spiro atoms. The Kier molecular flexibility index (Phi) is 75.5. The predicted octanol–water partition coefficient (Wildman–Crippen LogP) is 25.5. The minimum Gasteiger partial charge on any atom is -0.545 e. The van der Waals surface area contributed by atoms with Gasteiger partial charge in [0, 0.05) is 12.8 Å². The number of carboxylic acid groups (broad SMARTS) is 1. The third-order valence-corrected chi connectivity index (χ3v) is 17.9. The molecule has 0 aliphatic rings. The van der Waals surface area contributed by atoms with Crippen molar-refractivity contribution in [3.05, 3.63) is 134 Å². The van der Waals surface area contributed by atoms with Gasteiger partial charge < -0.3 is 33.3 Å². The number of likely N-dealkylation sites (N-methyl/N-ethyl adjacent to an activating group) is 1. The second-order valence-corrected chi connectivity index (χ2v) is 28.7. The van der Waals surface area contributed by atoms with E-state index >= 15 is 0 Å². The van der Waals surface area contributed by atoms with Gasteiger partial charge in [-0.25, -0.2) is 0 Å². The van der Waals surface area contributed by atoms with Gasteiger partial charge in [-0.1, -0.05) is 372 Å². The van der Waals surface area contributed by atoms with Gasteiger partial charge in [0.15, 0.2) is 12.4 Å². The van der Waals surface area contributed by atoms with Crippen molar-refractivity contribution in [3.8, 4) is 0 Å². The van der Waals surface area contributed by atoms with Crippen LogP contribution in [0.3, 0.4) is 0 Å². The Hall–Kier alpha value is -4.57. The van der Waals surface area contributed by atoms with Gasteiger partial charge >= 0.3 is 11.9 Å². The molecule has 2 atom stereocenters. The van der Waals surface area contributed by atoms with Gasteiger partial charge in [0.25, 0.3) is 0 Å². The first-order chi connectivity index (χ1) is 48.6. The SMILES string of the molecule is CC/C=C\C/C=C\C/C=C\C/C=C\C/C=C\C/C=C\C/C=C\CCCCCCCCCCCCCC(=O)OC(COC(=O)CCCCCCCCCCCCCCCCCCCCCCCCCCCCCC/C=C\C/C=C\C/C=C\C/C=C\CC)COC(OCC[N+](C)(C)C)C(=O)[O-]. The number of carboxylic acids is 1. The molecule has 0 fully saturated rings. The average molecular weight is 1380 g/mol. The molecule has 0 radical (unpaired) electrons. The number of quaternary nitrogens is 1. The molecular weight excluding hydrogens is 1220 g/mol. The Morgan fingerprint density at radius 1 is 0.303 bits per heavy atom. The Morgan fingerprint density at radius 3 is 0.808 bits per heavy atom. The molecule has 9 nitrogen and oxygen atoms in total. The van der Waals surface area contributed by atoms with Crippen molar-refractivity contribution in [2.45, 2.75) is 373 Å². The Bertz CT molecular complexity index is 2100. The van der Waals surface area contributed by atoms with Crippen LogP contribution in [-0.2, 0) is 33.3 Å². The van der Waals surface area contributed by atoms with Crippen LogP contribution in [0, 0.1) is 0 Å². The van der Waals surface area contributed by atoms with Gasteiger partial charge in [-0.15, -0.1) is 0 Å².